The van der Waals surface area contributed by atoms with Gasteiger partial charge in [-0.05, 0) is 53.9 Å². The molecule has 0 bridgehead atoms. The van der Waals surface area contributed by atoms with Gasteiger partial charge >= 0.3 is 21.2 Å². The van der Waals surface area contributed by atoms with Crippen molar-refractivity contribution in [3.05, 3.63) is 84.3 Å². The van der Waals surface area contributed by atoms with Crippen LogP contribution < -0.4 is 31.3 Å². The summed E-state index contributed by atoms with van der Waals surface area (Å²) in [6, 6.07) is 19.6. The fourth-order valence-electron chi connectivity index (χ4n) is 2.89. The Kier molecular flexibility index (Phi) is 5.70. The number of anilines is 1. The molecule has 2 aromatic carbocycles. The number of methoxy groups -OCH3 is 1. The Hall–Kier alpha value is -2.76. The van der Waals surface area contributed by atoms with Crippen LogP contribution in [0, 0.1) is 6.45 Å². The first-order valence-corrected chi connectivity index (χ1v) is 13.1. The quantitative estimate of drug-likeness (QED) is 0.323. The van der Waals surface area contributed by atoms with Crippen LogP contribution in [0.2, 0.25) is 0 Å². The number of benzene rings is 2. The Bertz CT molecular complexity index is 1340. The van der Waals surface area contributed by atoms with E-state index in [1.807, 2.05) is 42.5 Å². The first-order valence-electron chi connectivity index (χ1n) is 9.28. The summed E-state index contributed by atoms with van der Waals surface area (Å²) in [6.07, 6.45) is 1.79. The van der Waals surface area contributed by atoms with Crippen LogP contribution in [0.4, 0.5) is 5.82 Å². The summed E-state index contributed by atoms with van der Waals surface area (Å²) >= 11 is 3.10. The minimum atomic E-state index is -0.193. The zero-order valence-electron chi connectivity index (χ0n) is 16.3. The van der Waals surface area contributed by atoms with Crippen molar-refractivity contribution in [3.63, 3.8) is 0 Å². The second kappa shape index (κ2) is 8.77. The van der Waals surface area contributed by atoms with Crippen molar-refractivity contribution >= 4 is 44.6 Å². The number of halogens is 1. The molecule has 1 N–H and O–H groups in total. The highest BCUT2D eigenvalue weighted by Crippen LogP contribution is 2.28. The molecule has 6 nitrogen and oxygen atoms in total. The number of amides is 1. The van der Waals surface area contributed by atoms with Gasteiger partial charge in [0.15, 0.2) is 9.39 Å². The molecular formula is C22H16IN4O2S2+. The molecule has 1 amide bonds. The van der Waals surface area contributed by atoms with Gasteiger partial charge in [-0.3, -0.25) is 4.79 Å². The van der Waals surface area contributed by atoms with Crippen molar-refractivity contribution in [1.82, 2.24) is 14.8 Å². The molecule has 0 atom stereocenters. The second-order valence-electron chi connectivity index (χ2n) is 6.45. The minimum absolute atomic E-state index is 0.180. The van der Waals surface area contributed by atoms with Gasteiger partial charge in [-0.15, -0.1) is 5.10 Å². The predicted octanol–water partition coefficient (Wildman–Crippen LogP) is 1.93. The fraction of sp³-hybridized carbons (Fsp3) is 0.0455. The highest BCUT2D eigenvalue weighted by molar-refractivity contribution is 7.20. The first-order chi connectivity index (χ1) is 15.2. The first kappa shape index (κ1) is 20.2. The number of ether oxygens (including phenoxy) is 1. The highest BCUT2D eigenvalue weighted by Gasteiger charge is 2.17. The van der Waals surface area contributed by atoms with Gasteiger partial charge in [0.25, 0.3) is 5.91 Å². The smallest absolute Gasteiger partial charge is 0.369 e. The van der Waals surface area contributed by atoms with Crippen molar-refractivity contribution in [2.45, 2.75) is 0 Å². The Morgan fingerprint density at radius 1 is 1.13 bits per heavy atom. The van der Waals surface area contributed by atoms with E-state index in [-0.39, 0.29) is 27.1 Å². The molecule has 0 aliphatic heterocycles. The van der Waals surface area contributed by atoms with E-state index in [0.717, 1.165) is 21.1 Å². The lowest BCUT2D eigenvalue weighted by Crippen LogP contribution is -3.61. The second-order valence-corrected chi connectivity index (χ2v) is 12.1. The Labute approximate surface area is 196 Å². The molecule has 0 aliphatic rings. The summed E-state index contributed by atoms with van der Waals surface area (Å²) in [4.78, 5) is 17.2. The van der Waals surface area contributed by atoms with Crippen LogP contribution in [-0.2, 0) is 0 Å². The maximum atomic E-state index is 12.6. The van der Waals surface area contributed by atoms with Crippen molar-refractivity contribution in [1.29, 1.82) is 0 Å². The van der Waals surface area contributed by atoms with Gasteiger partial charge in [-0.25, -0.2) is 9.67 Å². The maximum Gasteiger partial charge on any atom is 0.369 e. The van der Waals surface area contributed by atoms with E-state index < -0.39 is 0 Å². The number of rotatable bonds is 6. The summed E-state index contributed by atoms with van der Waals surface area (Å²) in [6.45, 7) is 0. The van der Waals surface area contributed by atoms with Crippen molar-refractivity contribution in [3.8, 4) is 10.9 Å². The molecule has 31 heavy (non-hydrogen) atoms. The lowest BCUT2D eigenvalue weighted by Gasteiger charge is -2.01. The van der Waals surface area contributed by atoms with Crippen LogP contribution in [0.15, 0.2) is 72.2 Å². The van der Waals surface area contributed by atoms with Crippen LogP contribution in [0.25, 0.3) is 15.3 Å². The van der Waals surface area contributed by atoms with Crippen molar-refractivity contribution in [2.75, 3.05) is 12.4 Å². The van der Waals surface area contributed by atoms with E-state index in [1.165, 1.54) is 17.8 Å². The Balaban J connectivity index is 1.28. The summed E-state index contributed by atoms with van der Waals surface area (Å²) in [5.41, 5.74) is 1.49. The highest BCUT2D eigenvalue weighted by atomic mass is 127. The SMILES string of the molecule is COc1ccc2nc(-n3ccc(NC(=O)c4ccc([I+]c5cccs5)cc4)n3)sc2c1. The standard InChI is InChI=1S/C22H15IN4O2S2/c1-29-16-8-9-17-18(13-16)31-22(24-17)27-11-10-20(26-27)25-21(28)14-4-6-15(7-5-14)23-19-3-2-12-30-19/h2-13H,1H3/p+1. The number of fused-ring (bicyclic) bond motifs is 1. The summed E-state index contributed by atoms with van der Waals surface area (Å²) in [5, 5.41) is 10.1. The number of hydrogen-bond donors (Lipinski definition) is 1. The summed E-state index contributed by atoms with van der Waals surface area (Å²) in [7, 11) is 1.64. The molecule has 5 rings (SSSR count). The van der Waals surface area contributed by atoms with Gasteiger partial charge in [0, 0.05) is 23.9 Å². The van der Waals surface area contributed by atoms with E-state index in [0.29, 0.717) is 11.4 Å². The molecule has 0 aliphatic carbocycles. The third-order valence-corrected chi connectivity index (χ3v) is 9.58. The number of aromatic nitrogens is 3. The molecule has 154 valence electrons. The fourth-order valence-corrected chi connectivity index (χ4v) is 7.45. The van der Waals surface area contributed by atoms with Gasteiger partial charge in [-0.1, -0.05) is 22.7 Å². The molecule has 0 saturated heterocycles. The molecule has 9 heteroatoms. The van der Waals surface area contributed by atoms with Gasteiger partial charge in [0.05, 0.1) is 17.3 Å². The largest absolute Gasteiger partial charge is 0.497 e. The van der Waals surface area contributed by atoms with E-state index in [4.69, 9.17) is 4.74 Å². The van der Waals surface area contributed by atoms with Crippen LogP contribution >= 0.6 is 22.7 Å². The van der Waals surface area contributed by atoms with Crippen LogP contribution in [0.1, 0.15) is 10.4 Å². The zero-order chi connectivity index (χ0) is 21.2. The molecule has 3 aromatic heterocycles. The van der Waals surface area contributed by atoms with E-state index >= 15 is 0 Å². The van der Waals surface area contributed by atoms with Gasteiger partial charge < -0.3 is 10.1 Å². The Morgan fingerprint density at radius 2 is 2.00 bits per heavy atom. The van der Waals surface area contributed by atoms with E-state index in [9.17, 15) is 4.79 Å². The molecule has 5 aromatic rings. The zero-order valence-corrected chi connectivity index (χ0v) is 20.1. The molecular weight excluding hydrogens is 543 g/mol. The molecule has 3 heterocycles. The number of hydrogen-bond acceptors (Lipinski definition) is 6. The number of carbonyl (C=O) groups is 1. The van der Waals surface area contributed by atoms with Gasteiger partial charge in [0.1, 0.15) is 5.75 Å². The van der Waals surface area contributed by atoms with Crippen LogP contribution in [0.3, 0.4) is 0 Å². The number of nitrogens with zero attached hydrogens (tertiary/aromatic N) is 3. The van der Waals surface area contributed by atoms with Crippen LogP contribution in [-0.4, -0.2) is 27.8 Å². The lowest BCUT2D eigenvalue weighted by molar-refractivity contribution is -0.591. The molecule has 0 saturated carbocycles. The topological polar surface area (TPSA) is 69.0 Å². The van der Waals surface area contributed by atoms with Crippen molar-refractivity contribution < 1.29 is 30.7 Å². The summed E-state index contributed by atoms with van der Waals surface area (Å²) < 4.78 is 10.7. The lowest BCUT2D eigenvalue weighted by atomic mass is 10.2. The third-order valence-electron chi connectivity index (χ3n) is 4.41. The minimum Gasteiger partial charge on any atom is -0.497 e. The van der Waals surface area contributed by atoms with Crippen molar-refractivity contribution in [2.24, 2.45) is 0 Å². The predicted molar refractivity (Wildman–Crippen MR) is 119 cm³/mol. The average molecular weight is 559 g/mol. The normalized spacial score (nSPS) is 11.0. The number of nitrogens with one attached hydrogen (secondary N) is 1. The van der Waals surface area contributed by atoms with E-state index in [1.54, 1.807) is 35.4 Å². The molecule has 0 radical (unpaired) electrons. The number of carbonyl (C=O) groups excluding carboxylic acids is 1. The van der Waals surface area contributed by atoms with E-state index in [2.05, 4.69) is 32.9 Å². The van der Waals surface area contributed by atoms with Crippen LogP contribution in [0.5, 0.6) is 5.75 Å². The molecule has 0 spiro atoms. The number of thiophene rings is 1. The average Bonchev–Trinajstić information content (AvgIpc) is 3.54. The third kappa shape index (κ3) is 4.48. The van der Waals surface area contributed by atoms with Gasteiger partial charge in [0.2, 0.25) is 8.02 Å². The maximum absolute atomic E-state index is 12.6. The molecule has 0 unspecified atom stereocenters. The number of thiazole rings is 1. The van der Waals surface area contributed by atoms with Gasteiger partial charge in [-0.2, -0.15) is 0 Å². The Morgan fingerprint density at radius 3 is 2.77 bits per heavy atom. The monoisotopic (exact) mass is 559 g/mol. The summed E-state index contributed by atoms with van der Waals surface area (Å²) in [5.74, 6) is 1.09. The molecule has 0 fully saturated rings.